The lowest BCUT2D eigenvalue weighted by molar-refractivity contribution is 0.0995. The molecule has 3 aromatic rings. The van der Waals surface area contributed by atoms with E-state index in [2.05, 4.69) is 68.5 Å². The minimum Gasteiger partial charge on any atom is -0.494 e. The Balaban J connectivity index is 1.61. The van der Waals surface area contributed by atoms with Crippen LogP contribution in [0.3, 0.4) is 0 Å². The zero-order valence-electron chi connectivity index (χ0n) is 20.2. The smallest absolute Gasteiger partial charge is 0.268 e. The predicted octanol–water partition coefficient (Wildman–Crippen LogP) is 5.96. The maximum absolute atomic E-state index is 11.4. The van der Waals surface area contributed by atoms with Gasteiger partial charge in [0.1, 0.15) is 11.4 Å². The number of thiophene rings is 1. The molecule has 3 rings (SSSR count). The van der Waals surface area contributed by atoms with E-state index in [4.69, 9.17) is 14.9 Å². The van der Waals surface area contributed by atoms with Crippen molar-refractivity contribution in [2.24, 2.45) is 5.73 Å². The van der Waals surface area contributed by atoms with Gasteiger partial charge in [-0.1, -0.05) is 39.0 Å². The summed E-state index contributed by atoms with van der Waals surface area (Å²) in [6.07, 6.45) is 5.05. The molecule has 178 valence electrons. The minimum absolute atomic E-state index is 0.00173. The maximum atomic E-state index is 11.4. The van der Waals surface area contributed by atoms with Crippen molar-refractivity contribution in [1.82, 2.24) is 9.55 Å². The van der Waals surface area contributed by atoms with Gasteiger partial charge in [0.2, 0.25) is 0 Å². The summed E-state index contributed by atoms with van der Waals surface area (Å²) < 4.78 is 14.7. The van der Waals surface area contributed by atoms with Gasteiger partial charge in [-0.2, -0.15) is 0 Å². The van der Waals surface area contributed by atoms with Crippen LogP contribution in [0.15, 0.2) is 54.3 Å². The maximum Gasteiger partial charge on any atom is 0.268 e. The Labute approximate surface area is 201 Å². The molecule has 1 amide bonds. The number of carbonyl (C=O) groups excluding carboxylic acids is 1. The third-order valence-corrected chi connectivity index (χ3v) is 11.6. The fraction of sp³-hybridized carbons (Fsp3) is 0.440. The molecule has 0 radical (unpaired) electrons. The van der Waals surface area contributed by atoms with Gasteiger partial charge in [0.05, 0.1) is 19.0 Å². The quantitative estimate of drug-likeness (QED) is 0.268. The van der Waals surface area contributed by atoms with Crippen LogP contribution >= 0.6 is 11.3 Å². The molecule has 1 aromatic carbocycles. The Hall–Kier alpha value is -2.42. The summed E-state index contributed by atoms with van der Waals surface area (Å²) in [4.78, 5) is 16.7. The van der Waals surface area contributed by atoms with E-state index in [1.54, 1.807) is 23.9 Å². The van der Waals surface area contributed by atoms with Gasteiger partial charge in [0, 0.05) is 17.6 Å². The van der Waals surface area contributed by atoms with Crippen LogP contribution in [0.4, 0.5) is 0 Å². The van der Waals surface area contributed by atoms with Crippen molar-refractivity contribution in [1.29, 1.82) is 0 Å². The summed E-state index contributed by atoms with van der Waals surface area (Å²) in [5.41, 5.74) is 6.80. The Kier molecular flexibility index (Phi) is 8.15. The topological polar surface area (TPSA) is 79.4 Å². The second-order valence-electron chi connectivity index (χ2n) is 9.82. The summed E-state index contributed by atoms with van der Waals surface area (Å²) in [7, 11) is -1.96. The molecular formula is C25H35N3O3SSi. The van der Waals surface area contributed by atoms with Crippen LogP contribution in [0.2, 0.25) is 18.1 Å². The number of carbonyl (C=O) groups is 1. The molecule has 0 saturated carbocycles. The van der Waals surface area contributed by atoms with E-state index in [0.717, 1.165) is 18.6 Å². The monoisotopic (exact) mass is 485 g/mol. The summed E-state index contributed by atoms with van der Waals surface area (Å²) in [6.45, 7) is 12.5. The van der Waals surface area contributed by atoms with Crippen LogP contribution in [0.1, 0.15) is 44.1 Å². The molecule has 2 heterocycles. The van der Waals surface area contributed by atoms with Gasteiger partial charge < -0.3 is 19.5 Å². The highest BCUT2D eigenvalue weighted by molar-refractivity contribution is 7.13. The number of benzene rings is 1. The van der Waals surface area contributed by atoms with Crippen molar-refractivity contribution >= 4 is 25.6 Å². The highest BCUT2D eigenvalue weighted by Crippen LogP contribution is 2.38. The van der Waals surface area contributed by atoms with Gasteiger partial charge in [-0.15, -0.1) is 11.3 Å². The van der Waals surface area contributed by atoms with Gasteiger partial charge in [0.25, 0.3) is 5.91 Å². The first-order chi connectivity index (χ1) is 15.5. The van der Waals surface area contributed by atoms with E-state index in [1.807, 2.05) is 16.7 Å². The van der Waals surface area contributed by atoms with Gasteiger partial charge in [-0.25, -0.2) is 4.98 Å². The Morgan fingerprint density at radius 1 is 1.24 bits per heavy atom. The Morgan fingerprint density at radius 2 is 2.03 bits per heavy atom. The standard InChI is InChI=1S/C25H35N3O3SSi/c1-25(2,3)33(4,5)31-21(16-28-17-22(24(26)29)27-18-28)11-7-13-30-20-10-6-9-19(15-20)23-12-8-14-32-23/h6,8-10,12,14-15,17-18,21H,7,11,13,16H2,1-5H3,(H2,26,29)/t21-/m0/s1. The van der Waals surface area contributed by atoms with E-state index < -0.39 is 14.2 Å². The largest absolute Gasteiger partial charge is 0.494 e. The fourth-order valence-corrected chi connectivity index (χ4v) is 5.39. The van der Waals surface area contributed by atoms with Crippen LogP contribution in [0, 0.1) is 0 Å². The second-order valence-corrected chi connectivity index (χ2v) is 15.5. The average molecular weight is 486 g/mol. The molecule has 6 nitrogen and oxygen atoms in total. The van der Waals surface area contributed by atoms with Crippen molar-refractivity contribution in [3.8, 4) is 16.2 Å². The summed E-state index contributed by atoms with van der Waals surface area (Å²) in [5.74, 6) is 0.359. The number of imidazole rings is 1. The molecule has 0 spiro atoms. The molecule has 2 aromatic heterocycles. The number of hydrogen-bond acceptors (Lipinski definition) is 5. The first kappa shape index (κ1) is 25.2. The molecule has 0 saturated heterocycles. The van der Waals surface area contributed by atoms with Crippen molar-refractivity contribution in [2.75, 3.05) is 6.61 Å². The van der Waals surface area contributed by atoms with Crippen LogP contribution in [-0.4, -0.2) is 36.5 Å². The zero-order valence-corrected chi connectivity index (χ0v) is 22.0. The molecule has 0 aliphatic carbocycles. The van der Waals surface area contributed by atoms with Crippen molar-refractivity contribution in [2.45, 2.75) is 64.4 Å². The molecule has 0 aliphatic rings. The predicted molar refractivity (Wildman–Crippen MR) is 137 cm³/mol. The molecule has 0 bridgehead atoms. The van der Waals surface area contributed by atoms with Crippen molar-refractivity contribution in [3.63, 3.8) is 0 Å². The highest BCUT2D eigenvalue weighted by atomic mass is 32.1. The minimum atomic E-state index is -1.96. The molecule has 0 fully saturated rings. The van der Waals surface area contributed by atoms with Gasteiger partial charge in [0.15, 0.2) is 8.32 Å². The molecular weight excluding hydrogens is 450 g/mol. The lowest BCUT2D eigenvalue weighted by Crippen LogP contribution is -2.45. The summed E-state index contributed by atoms with van der Waals surface area (Å²) in [5, 5.41) is 2.19. The molecule has 0 aliphatic heterocycles. The average Bonchev–Trinajstić information content (AvgIpc) is 3.42. The number of hydrogen-bond donors (Lipinski definition) is 1. The number of aromatic nitrogens is 2. The van der Waals surface area contributed by atoms with E-state index in [9.17, 15) is 4.79 Å². The van der Waals surface area contributed by atoms with Crippen LogP contribution < -0.4 is 10.5 Å². The Bertz CT molecular complexity index is 1040. The van der Waals surface area contributed by atoms with E-state index in [1.165, 1.54) is 10.4 Å². The number of nitrogens with zero attached hydrogens (tertiary/aromatic N) is 2. The third kappa shape index (κ3) is 7.03. The van der Waals surface area contributed by atoms with Gasteiger partial charge >= 0.3 is 0 Å². The molecule has 33 heavy (non-hydrogen) atoms. The molecule has 1 atom stereocenters. The second kappa shape index (κ2) is 10.7. The highest BCUT2D eigenvalue weighted by Gasteiger charge is 2.39. The first-order valence-electron chi connectivity index (χ1n) is 11.3. The normalized spacial score (nSPS) is 13.1. The number of nitrogens with two attached hydrogens (primary N) is 1. The first-order valence-corrected chi connectivity index (χ1v) is 15.1. The molecule has 2 N–H and O–H groups in total. The SMILES string of the molecule is CC(C)(C)[Si](C)(C)O[C@@H](CCCOc1cccc(-c2cccs2)c1)Cn1cnc(C(N)=O)c1. The third-order valence-electron chi connectivity index (χ3n) is 6.15. The number of rotatable bonds is 11. The Morgan fingerprint density at radius 3 is 2.67 bits per heavy atom. The number of primary amides is 1. The van der Waals surface area contributed by atoms with E-state index in [-0.39, 0.29) is 16.8 Å². The van der Waals surface area contributed by atoms with Crippen molar-refractivity contribution < 1.29 is 14.0 Å². The molecule has 0 unspecified atom stereocenters. The van der Waals surface area contributed by atoms with E-state index in [0.29, 0.717) is 13.2 Å². The van der Waals surface area contributed by atoms with Crippen LogP contribution in [-0.2, 0) is 11.0 Å². The molecule has 8 heteroatoms. The van der Waals surface area contributed by atoms with E-state index >= 15 is 0 Å². The lowest BCUT2D eigenvalue weighted by atomic mass is 10.2. The summed E-state index contributed by atoms with van der Waals surface area (Å²) >= 11 is 1.72. The lowest BCUT2D eigenvalue weighted by Gasteiger charge is -2.39. The van der Waals surface area contributed by atoms with Gasteiger partial charge in [-0.05, 0) is 60.1 Å². The van der Waals surface area contributed by atoms with Crippen LogP contribution in [0.5, 0.6) is 5.75 Å². The summed E-state index contributed by atoms with van der Waals surface area (Å²) in [6, 6.07) is 12.4. The number of amides is 1. The number of ether oxygens (including phenoxy) is 1. The fourth-order valence-electron chi connectivity index (χ4n) is 3.29. The van der Waals surface area contributed by atoms with Crippen LogP contribution in [0.25, 0.3) is 10.4 Å². The van der Waals surface area contributed by atoms with Crippen molar-refractivity contribution in [3.05, 3.63) is 60.0 Å². The zero-order chi connectivity index (χ0) is 24.1. The van der Waals surface area contributed by atoms with Gasteiger partial charge in [-0.3, -0.25) is 4.79 Å².